The van der Waals surface area contributed by atoms with Crippen molar-refractivity contribution in [1.82, 2.24) is 5.32 Å². The monoisotopic (exact) mass is 355 g/mol. The summed E-state index contributed by atoms with van der Waals surface area (Å²) in [5.41, 5.74) is 2.70. The molecule has 0 fully saturated rings. The number of ether oxygens (including phenoxy) is 2. The third-order valence-electron chi connectivity index (χ3n) is 3.74. The molecule has 0 aliphatic carbocycles. The average molecular weight is 355 g/mol. The number of para-hydroxylation sites is 1. The molecule has 0 aromatic heterocycles. The number of carbonyl (C=O) groups excluding carboxylic acids is 1. The molecule has 0 heterocycles. The number of benzene rings is 2. The van der Waals surface area contributed by atoms with Crippen LogP contribution in [0.3, 0.4) is 0 Å². The highest BCUT2D eigenvalue weighted by atomic mass is 16.6. The molecule has 0 radical (unpaired) electrons. The van der Waals surface area contributed by atoms with E-state index in [2.05, 4.69) is 18.3 Å². The third kappa shape index (κ3) is 6.43. The summed E-state index contributed by atoms with van der Waals surface area (Å²) in [6, 6.07) is 16.2. The van der Waals surface area contributed by atoms with Crippen molar-refractivity contribution in [2.45, 2.75) is 52.7 Å². The summed E-state index contributed by atoms with van der Waals surface area (Å²) in [6.45, 7) is 8.86. The Morgan fingerprint density at radius 2 is 1.73 bits per heavy atom. The SMILES string of the molecule is CCCCOc1ccccc1-c1ccc(CNC(=O)OC(C)(C)C)cc1. The molecule has 140 valence electrons. The van der Waals surface area contributed by atoms with Gasteiger partial charge in [-0.05, 0) is 44.4 Å². The van der Waals surface area contributed by atoms with Crippen molar-refractivity contribution in [1.29, 1.82) is 0 Å². The summed E-state index contributed by atoms with van der Waals surface area (Å²) in [7, 11) is 0. The predicted molar refractivity (Wildman–Crippen MR) is 105 cm³/mol. The molecule has 0 bridgehead atoms. The smallest absolute Gasteiger partial charge is 0.407 e. The maximum atomic E-state index is 11.7. The first-order valence-electron chi connectivity index (χ1n) is 9.17. The number of nitrogens with one attached hydrogen (secondary N) is 1. The van der Waals surface area contributed by atoms with Crippen LogP contribution in [0.5, 0.6) is 5.75 Å². The van der Waals surface area contributed by atoms with E-state index < -0.39 is 11.7 Å². The number of carbonyl (C=O) groups is 1. The predicted octanol–water partition coefficient (Wildman–Crippen LogP) is 5.56. The van der Waals surface area contributed by atoms with Gasteiger partial charge in [0.15, 0.2) is 0 Å². The maximum Gasteiger partial charge on any atom is 0.407 e. The van der Waals surface area contributed by atoms with E-state index in [1.807, 2.05) is 63.2 Å². The summed E-state index contributed by atoms with van der Waals surface area (Å²) in [5, 5.41) is 2.77. The molecule has 0 saturated heterocycles. The molecule has 0 unspecified atom stereocenters. The first-order valence-corrected chi connectivity index (χ1v) is 9.17. The average Bonchev–Trinajstić information content (AvgIpc) is 2.60. The molecular weight excluding hydrogens is 326 g/mol. The van der Waals surface area contributed by atoms with Gasteiger partial charge in [-0.25, -0.2) is 4.79 Å². The van der Waals surface area contributed by atoms with Gasteiger partial charge < -0.3 is 14.8 Å². The van der Waals surface area contributed by atoms with Gasteiger partial charge in [0, 0.05) is 12.1 Å². The van der Waals surface area contributed by atoms with Gasteiger partial charge in [0.25, 0.3) is 0 Å². The van der Waals surface area contributed by atoms with Gasteiger partial charge in [-0.2, -0.15) is 0 Å². The molecule has 1 amide bonds. The van der Waals surface area contributed by atoms with Crippen LogP contribution in [-0.4, -0.2) is 18.3 Å². The molecule has 0 aliphatic heterocycles. The Hall–Kier alpha value is -2.49. The Balaban J connectivity index is 2.00. The number of hydrogen-bond donors (Lipinski definition) is 1. The lowest BCUT2D eigenvalue weighted by molar-refractivity contribution is 0.0523. The number of amides is 1. The minimum absolute atomic E-state index is 0.406. The normalized spacial score (nSPS) is 11.1. The van der Waals surface area contributed by atoms with Gasteiger partial charge in [0.1, 0.15) is 11.4 Å². The zero-order valence-electron chi connectivity index (χ0n) is 16.2. The van der Waals surface area contributed by atoms with Crippen LogP contribution < -0.4 is 10.1 Å². The summed E-state index contributed by atoms with van der Waals surface area (Å²) in [5.74, 6) is 0.903. The van der Waals surface area contributed by atoms with Gasteiger partial charge in [-0.15, -0.1) is 0 Å². The standard InChI is InChI=1S/C22H29NO3/c1-5-6-15-25-20-10-8-7-9-19(20)18-13-11-17(12-14-18)16-23-21(24)26-22(2,3)4/h7-14H,5-6,15-16H2,1-4H3,(H,23,24). The highest BCUT2D eigenvalue weighted by Crippen LogP contribution is 2.30. The summed E-state index contributed by atoms with van der Waals surface area (Å²) in [6.07, 6.45) is 1.75. The van der Waals surface area contributed by atoms with E-state index >= 15 is 0 Å². The van der Waals surface area contributed by atoms with Crippen LogP contribution in [0, 0.1) is 0 Å². The second kappa shape index (κ2) is 9.27. The van der Waals surface area contributed by atoms with Gasteiger partial charge in [0.05, 0.1) is 6.61 Å². The Bertz CT molecular complexity index is 702. The Morgan fingerprint density at radius 3 is 2.38 bits per heavy atom. The first-order chi connectivity index (χ1) is 12.4. The van der Waals surface area contributed by atoms with Crippen molar-refractivity contribution < 1.29 is 14.3 Å². The number of hydrogen-bond acceptors (Lipinski definition) is 3. The van der Waals surface area contributed by atoms with Crippen molar-refractivity contribution in [3.05, 3.63) is 54.1 Å². The van der Waals surface area contributed by atoms with Crippen LogP contribution in [0.2, 0.25) is 0 Å². The fourth-order valence-corrected chi connectivity index (χ4v) is 2.45. The van der Waals surface area contributed by atoms with Gasteiger partial charge >= 0.3 is 6.09 Å². The van der Waals surface area contributed by atoms with E-state index in [0.717, 1.165) is 41.9 Å². The summed E-state index contributed by atoms with van der Waals surface area (Å²) in [4.78, 5) is 11.7. The van der Waals surface area contributed by atoms with E-state index in [0.29, 0.717) is 6.54 Å². The van der Waals surface area contributed by atoms with Crippen LogP contribution >= 0.6 is 0 Å². The first kappa shape index (κ1) is 19.8. The minimum Gasteiger partial charge on any atom is -0.493 e. The molecule has 0 aliphatic rings. The zero-order valence-corrected chi connectivity index (χ0v) is 16.2. The number of alkyl carbamates (subject to hydrolysis) is 1. The second-order valence-electron chi connectivity index (χ2n) is 7.25. The summed E-state index contributed by atoms with van der Waals surface area (Å²) >= 11 is 0. The van der Waals surface area contributed by atoms with E-state index in [-0.39, 0.29) is 0 Å². The molecule has 2 aromatic rings. The Kier molecular flexibility index (Phi) is 7.07. The fraction of sp³-hybridized carbons (Fsp3) is 0.409. The van der Waals surface area contributed by atoms with Crippen LogP contribution in [0.1, 0.15) is 46.1 Å². The lowest BCUT2D eigenvalue weighted by Gasteiger charge is -2.19. The number of rotatable bonds is 7. The molecule has 0 saturated carbocycles. The molecule has 26 heavy (non-hydrogen) atoms. The fourth-order valence-electron chi connectivity index (χ4n) is 2.45. The van der Waals surface area contributed by atoms with Crippen molar-refractivity contribution in [2.75, 3.05) is 6.61 Å². The zero-order chi connectivity index (χ0) is 19.0. The van der Waals surface area contributed by atoms with Gasteiger partial charge in [-0.3, -0.25) is 0 Å². The van der Waals surface area contributed by atoms with Gasteiger partial charge in [0.2, 0.25) is 0 Å². The van der Waals surface area contributed by atoms with Crippen LogP contribution in [-0.2, 0) is 11.3 Å². The topological polar surface area (TPSA) is 47.6 Å². The molecule has 1 N–H and O–H groups in total. The maximum absolute atomic E-state index is 11.7. The van der Waals surface area contributed by atoms with E-state index in [9.17, 15) is 4.79 Å². The van der Waals surface area contributed by atoms with Crippen molar-refractivity contribution in [3.8, 4) is 16.9 Å². The van der Waals surface area contributed by atoms with Crippen LogP contribution in [0.25, 0.3) is 11.1 Å². The minimum atomic E-state index is -0.491. The van der Waals surface area contributed by atoms with Crippen LogP contribution in [0.4, 0.5) is 4.79 Å². The molecule has 2 rings (SSSR count). The van der Waals surface area contributed by atoms with Crippen LogP contribution in [0.15, 0.2) is 48.5 Å². The largest absolute Gasteiger partial charge is 0.493 e. The highest BCUT2D eigenvalue weighted by Gasteiger charge is 2.15. The lowest BCUT2D eigenvalue weighted by atomic mass is 10.0. The second-order valence-corrected chi connectivity index (χ2v) is 7.25. The third-order valence-corrected chi connectivity index (χ3v) is 3.74. The van der Waals surface area contributed by atoms with E-state index in [4.69, 9.17) is 9.47 Å². The van der Waals surface area contributed by atoms with E-state index in [1.165, 1.54) is 0 Å². The summed E-state index contributed by atoms with van der Waals surface area (Å²) < 4.78 is 11.2. The highest BCUT2D eigenvalue weighted by molar-refractivity contribution is 5.71. The Morgan fingerprint density at radius 1 is 1.04 bits per heavy atom. The van der Waals surface area contributed by atoms with Crippen molar-refractivity contribution in [2.24, 2.45) is 0 Å². The molecule has 0 spiro atoms. The van der Waals surface area contributed by atoms with Crippen molar-refractivity contribution >= 4 is 6.09 Å². The molecule has 4 nitrogen and oxygen atoms in total. The molecular formula is C22H29NO3. The molecule has 4 heteroatoms. The van der Waals surface area contributed by atoms with Crippen molar-refractivity contribution in [3.63, 3.8) is 0 Å². The van der Waals surface area contributed by atoms with E-state index in [1.54, 1.807) is 0 Å². The Labute approximate surface area is 156 Å². The lowest BCUT2D eigenvalue weighted by Crippen LogP contribution is -2.32. The van der Waals surface area contributed by atoms with Gasteiger partial charge in [-0.1, -0.05) is 55.8 Å². The number of unbranched alkanes of at least 4 members (excludes halogenated alkanes) is 1. The molecule has 2 aromatic carbocycles. The molecule has 0 atom stereocenters. The quantitative estimate of drug-likeness (QED) is 0.662.